The number of anilines is 1. The van der Waals surface area contributed by atoms with Gasteiger partial charge in [0, 0.05) is 43.5 Å². The number of carbonyl (C=O) groups excluding carboxylic acids is 1. The Balaban J connectivity index is 1.37. The summed E-state index contributed by atoms with van der Waals surface area (Å²) >= 11 is 0. The molecule has 2 aromatic heterocycles. The number of amides is 1. The van der Waals surface area contributed by atoms with Crippen molar-refractivity contribution in [3.05, 3.63) is 59.4 Å². The first-order chi connectivity index (χ1) is 16.5. The predicted molar refractivity (Wildman–Crippen MR) is 133 cm³/mol. The maximum Gasteiger partial charge on any atom is 0.253 e. The summed E-state index contributed by atoms with van der Waals surface area (Å²) in [5.41, 5.74) is 2.75. The van der Waals surface area contributed by atoms with Crippen molar-refractivity contribution >= 4 is 11.7 Å². The number of nitrogens with zero attached hydrogens (tertiary/aromatic N) is 6. The number of unbranched alkanes of at least 4 members (excludes halogenated alkanes) is 2. The number of carbonyl (C=O) groups is 1. The number of imidazole rings is 1. The van der Waals surface area contributed by atoms with Crippen molar-refractivity contribution in [2.24, 2.45) is 0 Å². The van der Waals surface area contributed by atoms with Gasteiger partial charge in [-0.2, -0.15) is 0 Å². The fourth-order valence-electron chi connectivity index (χ4n) is 4.11. The van der Waals surface area contributed by atoms with E-state index in [1.807, 2.05) is 60.6 Å². The highest BCUT2D eigenvalue weighted by Gasteiger charge is 2.24. The SMILES string of the molecule is CCCCCOc1ccc(C(=O)N2CCN(c3cc(-n4cnc(C)c4C)nc(C)n3)CC2)cc1. The number of hydrogen-bond acceptors (Lipinski definition) is 6. The second-order valence-corrected chi connectivity index (χ2v) is 8.78. The van der Waals surface area contributed by atoms with E-state index in [-0.39, 0.29) is 5.91 Å². The van der Waals surface area contributed by atoms with E-state index in [1.165, 1.54) is 12.8 Å². The normalized spacial score (nSPS) is 13.9. The summed E-state index contributed by atoms with van der Waals surface area (Å²) in [6, 6.07) is 9.50. The molecule has 1 aliphatic heterocycles. The minimum atomic E-state index is 0.0567. The maximum atomic E-state index is 13.0. The average Bonchev–Trinajstić information content (AvgIpc) is 3.19. The van der Waals surface area contributed by atoms with Crippen molar-refractivity contribution in [1.29, 1.82) is 0 Å². The fourth-order valence-corrected chi connectivity index (χ4v) is 4.11. The van der Waals surface area contributed by atoms with Crippen LogP contribution in [-0.2, 0) is 0 Å². The van der Waals surface area contributed by atoms with E-state index < -0.39 is 0 Å². The Kier molecular flexibility index (Phi) is 7.45. The zero-order chi connectivity index (χ0) is 24.1. The van der Waals surface area contributed by atoms with Crippen molar-refractivity contribution in [3.63, 3.8) is 0 Å². The van der Waals surface area contributed by atoms with Crippen molar-refractivity contribution < 1.29 is 9.53 Å². The van der Waals surface area contributed by atoms with E-state index in [4.69, 9.17) is 4.74 Å². The summed E-state index contributed by atoms with van der Waals surface area (Å²) in [4.78, 5) is 30.8. The lowest BCUT2D eigenvalue weighted by molar-refractivity contribution is 0.0746. The number of ether oxygens (including phenoxy) is 1. The molecule has 0 saturated carbocycles. The van der Waals surface area contributed by atoms with Crippen LogP contribution in [0.25, 0.3) is 5.82 Å². The van der Waals surface area contributed by atoms with Gasteiger partial charge in [0.1, 0.15) is 29.5 Å². The number of piperazine rings is 1. The number of rotatable bonds is 8. The standard InChI is InChI=1S/C26H34N6O2/c1-5-6-7-16-34-23-10-8-22(9-11-23)26(33)31-14-12-30(13-15-31)24-17-25(29-21(4)28-24)32-18-27-19(2)20(32)3/h8-11,17-18H,5-7,12-16H2,1-4H3. The van der Waals surface area contributed by atoms with Gasteiger partial charge in [0.15, 0.2) is 0 Å². The van der Waals surface area contributed by atoms with Crippen LogP contribution in [-0.4, -0.2) is 63.1 Å². The Morgan fingerprint density at radius 1 is 0.971 bits per heavy atom. The smallest absolute Gasteiger partial charge is 0.253 e. The van der Waals surface area contributed by atoms with E-state index >= 15 is 0 Å². The first-order valence-corrected chi connectivity index (χ1v) is 12.1. The Bertz CT molecular complexity index is 1120. The molecule has 34 heavy (non-hydrogen) atoms. The van der Waals surface area contributed by atoms with Crippen molar-refractivity contribution in [2.75, 3.05) is 37.7 Å². The summed E-state index contributed by atoms with van der Waals surface area (Å²) in [6.45, 7) is 11.6. The summed E-state index contributed by atoms with van der Waals surface area (Å²) in [5.74, 6) is 3.28. The Labute approximate surface area is 201 Å². The number of aromatic nitrogens is 4. The third-order valence-electron chi connectivity index (χ3n) is 6.32. The first kappa shape index (κ1) is 23.7. The Morgan fingerprint density at radius 3 is 2.32 bits per heavy atom. The van der Waals surface area contributed by atoms with Gasteiger partial charge in [0.2, 0.25) is 0 Å². The second kappa shape index (κ2) is 10.7. The molecule has 3 aromatic rings. The minimum Gasteiger partial charge on any atom is -0.494 e. The molecule has 0 bridgehead atoms. The summed E-state index contributed by atoms with van der Waals surface area (Å²) < 4.78 is 7.75. The van der Waals surface area contributed by atoms with Crippen LogP contribution < -0.4 is 9.64 Å². The van der Waals surface area contributed by atoms with Gasteiger partial charge in [0.05, 0.1) is 12.3 Å². The van der Waals surface area contributed by atoms with Crippen LogP contribution in [0.4, 0.5) is 5.82 Å². The van der Waals surface area contributed by atoms with E-state index in [9.17, 15) is 4.79 Å². The molecule has 0 aliphatic carbocycles. The lowest BCUT2D eigenvalue weighted by atomic mass is 10.1. The molecule has 3 heterocycles. The van der Waals surface area contributed by atoms with Crippen LogP contribution >= 0.6 is 0 Å². The zero-order valence-corrected chi connectivity index (χ0v) is 20.6. The van der Waals surface area contributed by atoms with Crippen LogP contribution in [0.2, 0.25) is 0 Å². The molecule has 180 valence electrons. The molecule has 0 atom stereocenters. The predicted octanol–water partition coefficient (Wildman–Crippen LogP) is 4.12. The molecular weight excluding hydrogens is 428 g/mol. The lowest BCUT2D eigenvalue weighted by Gasteiger charge is -2.35. The van der Waals surface area contributed by atoms with Gasteiger partial charge in [-0.05, 0) is 51.5 Å². The summed E-state index contributed by atoms with van der Waals surface area (Å²) in [5, 5.41) is 0. The fraction of sp³-hybridized carbons (Fsp3) is 0.462. The summed E-state index contributed by atoms with van der Waals surface area (Å²) in [7, 11) is 0. The minimum absolute atomic E-state index is 0.0567. The third-order valence-corrected chi connectivity index (χ3v) is 6.32. The maximum absolute atomic E-state index is 13.0. The van der Waals surface area contributed by atoms with Crippen molar-refractivity contribution in [2.45, 2.75) is 47.0 Å². The Morgan fingerprint density at radius 2 is 1.68 bits per heavy atom. The van der Waals surface area contributed by atoms with Gasteiger partial charge in [-0.1, -0.05) is 19.8 Å². The Hall–Kier alpha value is -3.42. The highest BCUT2D eigenvalue weighted by molar-refractivity contribution is 5.94. The second-order valence-electron chi connectivity index (χ2n) is 8.78. The first-order valence-electron chi connectivity index (χ1n) is 12.1. The molecule has 1 aliphatic rings. The molecule has 1 aromatic carbocycles. The molecular formula is C26H34N6O2. The monoisotopic (exact) mass is 462 g/mol. The van der Waals surface area contributed by atoms with Gasteiger partial charge in [0.25, 0.3) is 5.91 Å². The molecule has 0 radical (unpaired) electrons. The number of aryl methyl sites for hydroxylation is 2. The average molecular weight is 463 g/mol. The molecule has 8 nitrogen and oxygen atoms in total. The molecule has 8 heteroatoms. The highest BCUT2D eigenvalue weighted by Crippen LogP contribution is 2.21. The molecule has 1 fully saturated rings. The van der Waals surface area contributed by atoms with Crippen LogP contribution in [0.15, 0.2) is 36.7 Å². The molecule has 0 spiro atoms. The summed E-state index contributed by atoms with van der Waals surface area (Å²) in [6.07, 6.45) is 5.19. The molecule has 1 amide bonds. The van der Waals surface area contributed by atoms with E-state index in [1.54, 1.807) is 6.33 Å². The molecule has 4 rings (SSSR count). The quantitative estimate of drug-likeness (QED) is 0.469. The van der Waals surface area contributed by atoms with Gasteiger partial charge < -0.3 is 14.5 Å². The van der Waals surface area contributed by atoms with Gasteiger partial charge in [-0.25, -0.2) is 15.0 Å². The van der Waals surface area contributed by atoms with E-state index in [0.29, 0.717) is 31.1 Å². The van der Waals surface area contributed by atoms with Crippen LogP contribution in [0.3, 0.4) is 0 Å². The van der Waals surface area contributed by atoms with E-state index in [0.717, 1.165) is 48.3 Å². The topological polar surface area (TPSA) is 76.4 Å². The van der Waals surface area contributed by atoms with Crippen molar-refractivity contribution in [3.8, 4) is 11.6 Å². The number of hydrogen-bond donors (Lipinski definition) is 0. The largest absolute Gasteiger partial charge is 0.494 e. The van der Waals surface area contributed by atoms with Crippen molar-refractivity contribution in [1.82, 2.24) is 24.4 Å². The molecule has 0 N–H and O–H groups in total. The third kappa shape index (κ3) is 5.38. The van der Waals surface area contributed by atoms with Gasteiger partial charge in [-0.3, -0.25) is 9.36 Å². The van der Waals surface area contributed by atoms with Crippen LogP contribution in [0.1, 0.15) is 53.8 Å². The molecule has 1 saturated heterocycles. The van der Waals surface area contributed by atoms with E-state index in [2.05, 4.69) is 26.8 Å². The van der Waals surface area contributed by atoms with Crippen LogP contribution in [0, 0.1) is 20.8 Å². The lowest BCUT2D eigenvalue weighted by Crippen LogP contribution is -2.49. The molecule has 0 unspecified atom stereocenters. The zero-order valence-electron chi connectivity index (χ0n) is 20.6. The van der Waals surface area contributed by atoms with Gasteiger partial charge >= 0.3 is 0 Å². The highest BCUT2D eigenvalue weighted by atomic mass is 16.5. The van der Waals surface area contributed by atoms with Crippen LogP contribution in [0.5, 0.6) is 5.75 Å². The number of benzene rings is 1. The van der Waals surface area contributed by atoms with Gasteiger partial charge in [-0.15, -0.1) is 0 Å².